The second kappa shape index (κ2) is 8.53. The molecule has 3 fully saturated rings. The lowest BCUT2D eigenvalue weighted by Crippen LogP contribution is -2.62. The first-order valence-corrected chi connectivity index (χ1v) is 13.7. The van der Waals surface area contributed by atoms with Crippen molar-refractivity contribution in [2.45, 2.75) is 36.6 Å². The molecule has 3 aromatic rings. The van der Waals surface area contributed by atoms with Gasteiger partial charge in [-0.1, -0.05) is 0 Å². The zero-order valence-corrected chi connectivity index (χ0v) is 21.5. The van der Waals surface area contributed by atoms with Gasteiger partial charge in [-0.25, -0.2) is 32.2 Å². The summed E-state index contributed by atoms with van der Waals surface area (Å²) in [5.74, 6) is -1.99. The van der Waals surface area contributed by atoms with Gasteiger partial charge in [0.15, 0.2) is 5.82 Å². The van der Waals surface area contributed by atoms with Crippen molar-refractivity contribution >= 4 is 32.7 Å². The van der Waals surface area contributed by atoms with E-state index in [4.69, 9.17) is 0 Å². The maximum absolute atomic E-state index is 14.9. The van der Waals surface area contributed by atoms with Gasteiger partial charge in [-0.2, -0.15) is 9.40 Å². The van der Waals surface area contributed by atoms with Gasteiger partial charge in [0, 0.05) is 69.3 Å². The highest BCUT2D eigenvalue weighted by atomic mass is 32.2. The van der Waals surface area contributed by atoms with E-state index in [2.05, 4.69) is 30.7 Å². The first-order valence-electron chi connectivity index (χ1n) is 12.3. The Bertz CT molecular complexity index is 1450. The molecule has 3 aliphatic rings. The number of rotatable bonds is 5. The number of fused-ring (bicyclic) bond motifs is 1. The Morgan fingerprint density at radius 2 is 1.89 bits per heavy atom. The van der Waals surface area contributed by atoms with Gasteiger partial charge < -0.3 is 15.5 Å². The van der Waals surface area contributed by atoms with E-state index in [1.807, 2.05) is 13.0 Å². The Balaban J connectivity index is 1.20. The number of sulfonamides is 1. The Labute approximate surface area is 213 Å². The van der Waals surface area contributed by atoms with Crippen LogP contribution in [0.5, 0.6) is 0 Å². The van der Waals surface area contributed by atoms with Crippen molar-refractivity contribution in [3.8, 4) is 0 Å². The summed E-state index contributed by atoms with van der Waals surface area (Å²) in [6, 6.07) is 1.82. The summed E-state index contributed by atoms with van der Waals surface area (Å²) in [5, 5.41) is 11.0. The van der Waals surface area contributed by atoms with Crippen molar-refractivity contribution in [1.82, 2.24) is 34.4 Å². The van der Waals surface area contributed by atoms with Crippen molar-refractivity contribution in [2.75, 3.05) is 49.5 Å². The van der Waals surface area contributed by atoms with Gasteiger partial charge in [-0.3, -0.25) is 4.68 Å². The van der Waals surface area contributed by atoms with Gasteiger partial charge >= 0.3 is 0 Å². The van der Waals surface area contributed by atoms with E-state index >= 15 is 0 Å². The van der Waals surface area contributed by atoms with E-state index < -0.39 is 27.9 Å². The predicted octanol–water partition coefficient (Wildman–Crippen LogP) is 1.38. The van der Waals surface area contributed by atoms with Crippen molar-refractivity contribution in [3.63, 3.8) is 0 Å². The Morgan fingerprint density at radius 1 is 1.14 bits per heavy atom. The first-order chi connectivity index (χ1) is 17.6. The Kier molecular flexibility index (Phi) is 5.62. The normalized spacial score (nSPS) is 22.0. The molecule has 0 atom stereocenters. The number of alkyl halides is 2. The molecule has 0 saturated carbocycles. The lowest BCUT2D eigenvalue weighted by atomic mass is 9.78. The number of hydrogen-bond donors (Lipinski definition) is 2. The molecular weight excluding hydrogens is 504 g/mol. The minimum atomic E-state index is -3.59. The summed E-state index contributed by atoms with van der Waals surface area (Å²) in [4.78, 5) is 15.6. The lowest BCUT2D eigenvalue weighted by Gasteiger charge is -2.42. The Morgan fingerprint density at radius 3 is 2.51 bits per heavy atom. The average molecular weight is 534 g/mol. The molecule has 1 spiro atoms. The fourth-order valence-corrected chi connectivity index (χ4v) is 6.89. The molecule has 2 N–H and O–H groups in total. The number of halogens is 2. The molecule has 0 unspecified atom stereocenters. The monoisotopic (exact) mass is 533 g/mol. The van der Waals surface area contributed by atoms with Gasteiger partial charge in [0.2, 0.25) is 16.0 Å². The highest BCUT2D eigenvalue weighted by Crippen LogP contribution is 2.48. The minimum Gasteiger partial charge on any atom is -0.351 e. The van der Waals surface area contributed by atoms with Crippen LogP contribution in [-0.4, -0.2) is 88.7 Å². The number of nitrogens with zero attached hydrogens (tertiary/aromatic N) is 7. The molecule has 0 amide bonds. The Hall–Kier alpha value is -2.97. The largest absolute Gasteiger partial charge is 0.351 e. The van der Waals surface area contributed by atoms with Gasteiger partial charge in [0.1, 0.15) is 10.4 Å². The lowest BCUT2D eigenvalue weighted by molar-refractivity contribution is -0.107. The van der Waals surface area contributed by atoms with Crippen LogP contribution in [0.3, 0.4) is 0 Å². The van der Waals surface area contributed by atoms with Crippen LogP contribution in [0, 0.1) is 12.3 Å². The molecule has 3 saturated heterocycles. The second-order valence-electron chi connectivity index (χ2n) is 10.3. The fraction of sp³-hybridized carbons (Fsp3) is 0.565. The van der Waals surface area contributed by atoms with E-state index in [9.17, 15) is 17.2 Å². The molecular formula is C23H29F2N9O2S. The molecule has 14 heteroatoms. The first kappa shape index (κ1) is 24.4. The van der Waals surface area contributed by atoms with Gasteiger partial charge in [-0.15, -0.1) is 0 Å². The predicted molar refractivity (Wildman–Crippen MR) is 133 cm³/mol. The van der Waals surface area contributed by atoms with E-state index in [0.29, 0.717) is 48.9 Å². The van der Waals surface area contributed by atoms with Crippen LogP contribution in [0.25, 0.3) is 10.9 Å². The van der Waals surface area contributed by atoms with Crippen LogP contribution in [0.4, 0.5) is 20.5 Å². The number of piperidine rings is 1. The summed E-state index contributed by atoms with van der Waals surface area (Å²) in [7, 11) is -1.91. The molecule has 3 aromatic heterocycles. The van der Waals surface area contributed by atoms with Crippen LogP contribution in [0.2, 0.25) is 0 Å². The molecule has 6 rings (SSSR count). The molecule has 0 radical (unpaired) electrons. The zero-order valence-electron chi connectivity index (χ0n) is 20.7. The number of nitrogens with one attached hydrogen (secondary N) is 2. The standard InChI is InChI=1S/C23H29F2N9O2S/c1-15-7-16-8-27-21(30-17-3-5-34(6-4-17)37(35,36)18-9-28-32(2)10-18)31-19(16)20(29-15)33-13-22(11-26-12-22)23(24,25)14-33/h7-10,17,26H,3-6,11-14H2,1-2H3,(H,27,30,31). The molecule has 3 aliphatic heterocycles. The van der Waals surface area contributed by atoms with E-state index in [1.54, 1.807) is 18.1 Å². The molecule has 0 aliphatic carbocycles. The highest BCUT2D eigenvalue weighted by molar-refractivity contribution is 7.89. The van der Waals surface area contributed by atoms with Crippen molar-refractivity contribution in [2.24, 2.45) is 12.5 Å². The van der Waals surface area contributed by atoms with E-state index in [1.165, 1.54) is 21.4 Å². The average Bonchev–Trinajstić information content (AvgIpc) is 3.39. The van der Waals surface area contributed by atoms with E-state index in [0.717, 1.165) is 5.39 Å². The third-order valence-electron chi connectivity index (χ3n) is 7.67. The number of aromatic nitrogens is 5. The maximum atomic E-state index is 14.9. The maximum Gasteiger partial charge on any atom is 0.274 e. The zero-order chi connectivity index (χ0) is 26.0. The summed E-state index contributed by atoms with van der Waals surface area (Å²) in [6.07, 6.45) is 5.69. The summed E-state index contributed by atoms with van der Waals surface area (Å²) in [6.45, 7) is 2.94. The highest BCUT2D eigenvalue weighted by Gasteiger charge is 2.63. The van der Waals surface area contributed by atoms with E-state index in [-0.39, 0.29) is 30.6 Å². The summed E-state index contributed by atoms with van der Waals surface area (Å²) >= 11 is 0. The van der Waals surface area contributed by atoms with Crippen LogP contribution in [0.1, 0.15) is 18.5 Å². The molecule has 11 nitrogen and oxygen atoms in total. The SMILES string of the molecule is Cc1cc2cnc(NC3CCN(S(=O)(=O)c4cnn(C)c4)CC3)nc2c(N2CC(F)(F)C3(CNC3)C2)n1. The van der Waals surface area contributed by atoms with Crippen molar-refractivity contribution < 1.29 is 17.2 Å². The molecule has 198 valence electrons. The van der Waals surface area contributed by atoms with Crippen LogP contribution in [0.15, 0.2) is 29.6 Å². The van der Waals surface area contributed by atoms with Crippen molar-refractivity contribution in [3.05, 3.63) is 30.4 Å². The van der Waals surface area contributed by atoms with Crippen molar-refractivity contribution in [1.29, 1.82) is 0 Å². The van der Waals surface area contributed by atoms with Crippen LogP contribution < -0.4 is 15.5 Å². The topological polar surface area (TPSA) is 121 Å². The van der Waals surface area contributed by atoms with Gasteiger partial charge in [0.05, 0.1) is 18.2 Å². The minimum absolute atomic E-state index is 0.0277. The fourth-order valence-electron chi connectivity index (χ4n) is 5.44. The third kappa shape index (κ3) is 4.10. The van der Waals surface area contributed by atoms with Crippen LogP contribution in [-0.2, 0) is 17.1 Å². The second-order valence-corrected chi connectivity index (χ2v) is 12.3. The van der Waals surface area contributed by atoms with Crippen LogP contribution >= 0.6 is 0 Å². The molecule has 0 bridgehead atoms. The molecule has 0 aromatic carbocycles. The number of pyridine rings is 1. The van der Waals surface area contributed by atoms with Gasteiger partial charge in [-0.05, 0) is 25.8 Å². The quantitative estimate of drug-likeness (QED) is 0.501. The van der Waals surface area contributed by atoms with Gasteiger partial charge in [0.25, 0.3) is 5.92 Å². The number of hydrogen-bond acceptors (Lipinski definition) is 9. The number of anilines is 2. The third-order valence-corrected chi connectivity index (χ3v) is 9.52. The summed E-state index contributed by atoms with van der Waals surface area (Å²) < 4.78 is 58.5. The summed E-state index contributed by atoms with van der Waals surface area (Å²) in [5.41, 5.74) is 0.174. The number of aryl methyl sites for hydroxylation is 2. The molecule has 37 heavy (non-hydrogen) atoms. The smallest absolute Gasteiger partial charge is 0.274 e. The molecule has 6 heterocycles.